The van der Waals surface area contributed by atoms with Gasteiger partial charge in [0.15, 0.2) is 6.61 Å². The van der Waals surface area contributed by atoms with Crippen LogP contribution in [-0.4, -0.2) is 35.6 Å². The van der Waals surface area contributed by atoms with E-state index in [0.717, 1.165) is 35.9 Å². The van der Waals surface area contributed by atoms with Crippen LogP contribution in [0.2, 0.25) is 0 Å². The number of fused-ring (bicyclic) bond motifs is 3. The number of cyclic esters (lactones) is 1. The summed E-state index contributed by atoms with van der Waals surface area (Å²) in [5.74, 6) is 2.56. The average molecular weight is 475 g/mol. The summed E-state index contributed by atoms with van der Waals surface area (Å²) in [5.41, 5.74) is 1.81. The third kappa shape index (κ3) is 4.67. The van der Waals surface area contributed by atoms with Gasteiger partial charge in [0.25, 0.3) is 5.91 Å². The zero-order chi connectivity index (χ0) is 23.9. The molecule has 1 saturated heterocycles. The molecular weight excluding hydrogens is 440 g/mol. The lowest BCUT2D eigenvalue weighted by Crippen LogP contribution is -2.42. The first-order chi connectivity index (χ1) is 17.0. The summed E-state index contributed by atoms with van der Waals surface area (Å²) in [4.78, 5) is 29.3. The van der Waals surface area contributed by atoms with Crippen molar-refractivity contribution >= 4 is 28.9 Å². The van der Waals surface area contributed by atoms with Gasteiger partial charge in [0.05, 0.1) is 17.1 Å². The number of nitrogens with zero attached hydrogens (tertiary/aromatic N) is 1. The molecule has 0 radical (unpaired) electrons. The Balaban J connectivity index is 1.18. The molecule has 1 aromatic carbocycles. The molecule has 0 unspecified atom stereocenters. The van der Waals surface area contributed by atoms with E-state index in [4.69, 9.17) is 14.5 Å². The number of allylic oxidation sites excluding steroid dienone is 1. The molecule has 4 fully saturated rings. The molecule has 6 nitrogen and oxygen atoms in total. The molecule has 2 aromatic rings. The summed E-state index contributed by atoms with van der Waals surface area (Å²) in [6, 6.07) is 10.2. The number of carbonyl (C=O) groups is 2. The molecule has 3 aliphatic carbocycles. The van der Waals surface area contributed by atoms with E-state index in [2.05, 4.69) is 30.5 Å². The van der Waals surface area contributed by atoms with Crippen molar-refractivity contribution in [1.29, 1.82) is 0 Å². The van der Waals surface area contributed by atoms with Gasteiger partial charge in [-0.25, -0.2) is 4.98 Å². The maximum atomic E-state index is 12.5. The number of amides is 1. The molecule has 4 aliphatic rings. The summed E-state index contributed by atoms with van der Waals surface area (Å²) in [6.07, 6.45) is 12.6. The van der Waals surface area contributed by atoms with E-state index in [1.54, 1.807) is 0 Å². The molecule has 1 amide bonds. The number of pyridine rings is 1. The molecule has 0 bridgehead atoms. The molecule has 2 heterocycles. The van der Waals surface area contributed by atoms with E-state index in [1.165, 1.54) is 25.7 Å². The molecule has 6 rings (SSSR count). The smallest absolute Gasteiger partial charge is 0.309 e. The van der Waals surface area contributed by atoms with Gasteiger partial charge in [-0.1, -0.05) is 31.4 Å². The lowest BCUT2D eigenvalue weighted by molar-refractivity contribution is -0.144. The van der Waals surface area contributed by atoms with Crippen molar-refractivity contribution in [2.45, 2.75) is 64.0 Å². The number of ether oxygens (including phenoxy) is 2. The van der Waals surface area contributed by atoms with Gasteiger partial charge >= 0.3 is 5.97 Å². The van der Waals surface area contributed by atoms with Gasteiger partial charge in [0, 0.05) is 17.3 Å². The molecule has 6 atom stereocenters. The lowest BCUT2D eigenvalue weighted by Gasteiger charge is -2.45. The Morgan fingerprint density at radius 1 is 1.17 bits per heavy atom. The Labute approximate surface area is 206 Å². The van der Waals surface area contributed by atoms with Gasteiger partial charge in [-0.2, -0.15) is 0 Å². The van der Waals surface area contributed by atoms with Crippen LogP contribution in [-0.2, 0) is 14.3 Å². The van der Waals surface area contributed by atoms with Crippen molar-refractivity contribution in [1.82, 2.24) is 10.3 Å². The number of rotatable bonds is 6. The summed E-state index contributed by atoms with van der Waals surface area (Å²) in [7, 11) is 0. The predicted molar refractivity (Wildman–Crippen MR) is 134 cm³/mol. The van der Waals surface area contributed by atoms with Crippen molar-refractivity contribution in [3.8, 4) is 5.75 Å². The summed E-state index contributed by atoms with van der Waals surface area (Å²) >= 11 is 0. The summed E-state index contributed by atoms with van der Waals surface area (Å²) in [5, 5.41) is 3.92. The highest BCUT2D eigenvalue weighted by atomic mass is 16.6. The van der Waals surface area contributed by atoms with Gasteiger partial charge in [-0.05, 0) is 80.7 Å². The second kappa shape index (κ2) is 9.29. The van der Waals surface area contributed by atoms with Crippen LogP contribution < -0.4 is 10.1 Å². The number of carbonyl (C=O) groups excluding carboxylic acids is 2. The van der Waals surface area contributed by atoms with E-state index in [1.807, 2.05) is 24.3 Å². The third-order valence-electron chi connectivity index (χ3n) is 8.56. The number of esters is 1. The van der Waals surface area contributed by atoms with Crippen LogP contribution in [0.25, 0.3) is 17.0 Å². The fraction of sp³-hybridized carbons (Fsp3) is 0.552. The van der Waals surface area contributed by atoms with Crippen LogP contribution in [0.3, 0.4) is 0 Å². The Morgan fingerprint density at radius 3 is 2.89 bits per heavy atom. The number of hydrogen-bond acceptors (Lipinski definition) is 5. The fourth-order valence-corrected chi connectivity index (χ4v) is 6.74. The molecule has 1 N–H and O–H groups in total. The van der Waals surface area contributed by atoms with Crippen molar-refractivity contribution in [3.05, 3.63) is 42.1 Å². The summed E-state index contributed by atoms with van der Waals surface area (Å²) in [6.45, 7) is 2.10. The zero-order valence-corrected chi connectivity index (χ0v) is 20.3. The van der Waals surface area contributed by atoms with Crippen molar-refractivity contribution in [2.75, 3.05) is 6.61 Å². The Kier molecular flexibility index (Phi) is 5.99. The largest absolute Gasteiger partial charge is 0.484 e. The highest BCUT2D eigenvalue weighted by molar-refractivity contribution is 5.82. The van der Waals surface area contributed by atoms with E-state index in [-0.39, 0.29) is 36.4 Å². The standard InChI is InChI=1S/C29H34N2O4/c1-17-28-24(23-5-3-2-4-18(23)15-25(28)29(33)35-17)12-10-20-7-6-19-14-22(11-13-26(19)30-20)34-16-27(32)31-21-8-9-21/h6-7,10-14,17-18,21,23-25,28H,2-5,8-9,15-16H2,1H3,(H,31,32)/b12-10+/t17-,18+,23-,24+,25-,28+/m1/s1. The predicted octanol–water partition coefficient (Wildman–Crippen LogP) is 4.91. The molecular formula is C29H34N2O4. The number of nitrogens with one attached hydrogen (secondary N) is 1. The van der Waals surface area contributed by atoms with Gasteiger partial charge in [0.1, 0.15) is 11.9 Å². The molecule has 0 spiro atoms. The van der Waals surface area contributed by atoms with Crippen LogP contribution in [0.15, 0.2) is 36.4 Å². The number of benzene rings is 1. The second-order valence-electron chi connectivity index (χ2n) is 10.9. The van der Waals surface area contributed by atoms with Crippen molar-refractivity contribution in [2.24, 2.45) is 29.6 Å². The Morgan fingerprint density at radius 2 is 2.03 bits per heavy atom. The van der Waals surface area contributed by atoms with Crippen molar-refractivity contribution < 1.29 is 19.1 Å². The monoisotopic (exact) mass is 474 g/mol. The quantitative estimate of drug-likeness (QED) is 0.602. The second-order valence-corrected chi connectivity index (χ2v) is 10.9. The van der Waals surface area contributed by atoms with Crippen LogP contribution in [0.5, 0.6) is 5.75 Å². The van der Waals surface area contributed by atoms with Crippen molar-refractivity contribution in [3.63, 3.8) is 0 Å². The van der Waals surface area contributed by atoms with Crippen LogP contribution >= 0.6 is 0 Å². The van der Waals surface area contributed by atoms with Crippen LogP contribution in [0.1, 0.15) is 57.6 Å². The molecule has 6 heteroatoms. The van der Waals surface area contributed by atoms with Gasteiger partial charge in [-0.3, -0.25) is 9.59 Å². The highest BCUT2D eigenvalue weighted by Gasteiger charge is 2.53. The van der Waals surface area contributed by atoms with E-state index in [9.17, 15) is 9.59 Å². The topological polar surface area (TPSA) is 77.5 Å². The van der Waals surface area contributed by atoms with E-state index >= 15 is 0 Å². The Hall–Kier alpha value is -2.89. The normalized spacial score (nSPS) is 32.2. The molecule has 184 valence electrons. The Bertz CT molecular complexity index is 1160. The lowest BCUT2D eigenvalue weighted by atomic mass is 9.57. The molecule has 3 saturated carbocycles. The first-order valence-corrected chi connectivity index (χ1v) is 13.3. The van der Waals surface area contributed by atoms with Gasteiger partial charge in [-0.15, -0.1) is 0 Å². The maximum absolute atomic E-state index is 12.5. The third-order valence-corrected chi connectivity index (χ3v) is 8.56. The molecule has 1 aliphatic heterocycles. The number of hydrogen-bond donors (Lipinski definition) is 1. The first-order valence-electron chi connectivity index (χ1n) is 13.3. The average Bonchev–Trinajstić information content (AvgIpc) is 3.64. The fourth-order valence-electron chi connectivity index (χ4n) is 6.74. The van der Waals surface area contributed by atoms with E-state index < -0.39 is 0 Å². The minimum atomic E-state index is -0.0694. The van der Waals surface area contributed by atoms with Crippen LogP contribution in [0, 0.1) is 29.6 Å². The van der Waals surface area contributed by atoms with E-state index in [0.29, 0.717) is 29.5 Å². The first kappa shape index (κ1) is 22.6. The minimum absolute atomic E-state index is 0.0109. The van der Waals surface area contributed by atoms with Crippen LogP contribution in [0.4, 0.5) is 0 Å². The molecule has 1 aromatic heterocycles. The molecule has 35 heavy (non-hydrogen) atoms. The minimum Gasteiger partial charge on any atom is -0.484 e. The maximum Gasteiger partial charge on any atom is 0.309 e. The zero-order valence-electron chi connectivity index (χ0n) is 20.3. The number of aromatic nitrogens is 1. The highest BCUT2D eigenvalue weighted by Crippen LogP contribution is 2.53. The SMILES string of the molecule is C[C@H]1OC(=O)[C@@H]2C[C@@H]3CCCC[C@H]3[C@H](/C=C/c3ccc4cc(OCC(=O)NC5CC5)ccc4n3)[C@H]12. The van der Waals surface area contributed by atoms with Gasteiger partial charge in [0.2, 0.25) is 0 Å². The summed E-state index contributed by atoms with van der Waals surface area (Å²) < 4.78 is 11.4. The van der Waals surface area contributed by atoms with Gasteiger partial charge < -0.3 is 14.8 Å².